The van der Waals surface area contributed by atoms with Crippen LogP contribution in [0.15, 0.2) is 54.6 Å². The van der Waals surface area contributed by atoms with Gasteiger partial charge in [0.05, 0.1) is 0 Å². The van der Waals surface area contributed by atoms with Crippen molar-refractivity contribution in [3.8, 4) is 0 Å². The van der Waals surface area contributed by atoms with Crippen LogP contribution in [0.4, 0.5) is 0 Å². The third-order valence-corrected chi connectivity index (χ3v) is 4.84. The fourth-order valence-corrected chi connectivity index (χ4v) is 3.38. The van der Waals surface area contributed by atoms with Crippen LogP contribution >= 0.6 is 0 Å². The molecule has 2 aromatic rings. The van der Waals surface area contributed by atoms with Gasteiger partial charge in [0.15, 0.2) is 0 Å². The van der Waals surface area contributed by atoms with Crippen LogP contribution in [0.2, 0.25) is 0 Å². The van der Waals surface area contributed by atoms with Crippen molar-refractivity contribution >= 4 is 17.8 Å². The molecule has 2 aliphatic rings. The highest BCUT2D eigenvalue weighted by Gasteiger charge is 2.47. The number of nitrogens with zero attached hydrogens (tertiary/aromatic N) is 1. The smallest absolute Gasteiger partial charge is 0.325 e. The van der Waals surface area contributed by atoms with E-state index in [4.69, 9.17) is 4.74 Å². The van der Waals surface area contributed by atoms with Gasteiger partial charge in [0.1, 0.15) is 19.2 Å². The zero-order valence-electron chi connectivity index (χ0n) is 14.8. The maximum absolute atomic E-state index is 12.8. The molecular formula is C21H20N2O4. The largest absolute Gasteiger partial charge is 0.460 e. The van der Waals surface area contributed by atoms with Crippen LogP contribution in [0, 0.1) is 0 Å². The molecule has 1 fully saturated rings. The molecule has 2 amide bonds. The van der Waals surface area contributed by atoms with Crippen LogP contribution in [-0.2, 0) is 20.9 Å². The zero-order valence-corrected chi connectivity index (χ0v) is 14.8. The van der Waals surface area contributed by atoms with Gasteiger partial charge in [-0.15, -0.1) is 0 Å². The van der Waals surface area contributed by atoms with Crippen LogP contribution in [0.25, 0.3) is 0 Å². The van der Waals surface area contributed by atoms with Gasteiger partial charge in [0.2, 0.25) is 5.91 Å². The number of hydrogen-bond donors (Lipinski definition) is 1. The first-order chi connectivity index (χ1) is 13.1. The summed E-state index contributed by atoms with van der Waals surface area (Å²) in [6.07, 6.45) is 1.81. The van der Waals surface area contributed by atoms with Gasteiger partial charge in [0, 0.05) is 11.6 Å². The minimum atomic E-state index is -0.678. The average Bonchev–Trinajstić information content (AvgIpc) is 3.49. The van der Waals surface area contributed by atoms with Crippen LogP contribution in [0.5, 0.6) is 0 Å². The Bertz CT molecular complexity index is 877. The molecule has 1 heterocycles. The lowest BCUT2D eigenvalue weighted by atomic mass is 10.0. The minimum Gasteiger partial charge on any atom is -0.460 e. The van der Waals surface area contributed by atoms with E-state index in [9.17, 15) is 14.4 Å². The first kappa shape index (κ1) is 17.3. The summed E-state index contributed by atoms with van der Waals surface area (Å²) in [6.45, 7) is -0.0640. The Morgan fingerprint density at radius 2 is 1.74 bits per heavy atom. The standard InChI is InChI=1S/C21H20N2O4/c24-18(27-13-14-6-2-1-3-7-14)12-22-20(25)19-16-8-4-5-9-17(16)21(26)23(19)15-10-11-15/h1-9,15,19H,10-13H2,(H,22,25)/t19-/m0/s1. The summed E-state index contributed by atoms with van der Waals surface area (Å²) in [5, 5.41) is 2.63. The number of hydrogen-bond acceptors (Lipinski definition) is 4. The molecule has 1 aliphatic carbocycles. The molecular weight excluding hydrogens is 344 g/mol. The van der Waals surface area contributed by atoms with E-state index >= 15 is 0 Å². The molecule has 4 rings (SSSR count). The molecule has 1 atom stereocenters. The van der Waals surface area contributed by atoms with E-state index in [1.54, 1.807) is 23.1 Å². The monoisotopic (exact) mass is 364 g/mol. The van der Waals surface area contributed by atoms with E-state index in [0.29, 0.717) is 11.1 Å². The molecule has 0 saturated heterocycles. The molecule has 6 nitrogen and oxygen atoms in total. The van der Waals surface area contributed by atoms with Crippen molar-refractivity contribution in [1.29, 1.82) is 0 Å². The van der Waals surface area contributed by atoms with Crippen molar-refractivity contribution in [2.75, 3.05) is 6.54 Å². The van der Waals surface area contributed by atoms with Gasteiger partial charge in [-0.2, -0.15) is 0 Å². The molecule has 1 aliphatic heterocycles. The first-order valence-corrected chi connectivity index (χ1v) is 9.04. The number of amides is 2. The topological polar surface area (TPSA) is 75.7 Å². The second-order valence-corrected chi connectivity index (χ2v) is 6.80. The lowest BCUT2D eigenvalue weighted by Crippen LogP contribution is -2.42. The van der Waals surface area contributed by atoms with Gasteiger partial charge in [-0.1, -0.05) is 48.5 Å². The third kappa shape index (κ3) is 3.56. The number of nitrogens with one attached hydrogen (secondary N) is 1. The van der Waals surface area contributed by atoms with E-state index in [1.165, 1.54) is 0 Å². The molecule has 6 heteroatoms. The van der Waals surface area contributed by atoms with Crippen molar-refractivity contribution in [3.63, 3.8) is 0 Å². The van der Waals surface area contributed by atoms with Gasteiger partial charge < -0.3 is 15.0 Å². The van der Waals surface area contributed by atoms with Gasteiger partial charge >= 0.3 is 5.97 Å². The quantitative estimate of drug-likeness (QED) is 0.798. The van der Waals surface area contributed by atoms with Gasteiger partial charge in [-0.05, 0) is 30.0 Å². The summed E-state index contributed by atoms with van der Waals surface area (Å²) < 4.78 is 5.18. The van der Waals surface area contributed by atoms with Crippen LogP contribution < -0.4 is 5.32 Å². The van der Waals surface area contributed by atoms with E-state index in [1.807, 2.05) is 36.4 Å². The number of benzene rings is 2. The normalized spacial score (nSPS) is 18.1. The summed E-state index contributed by atoms with van der Waals surface area (Å²) in [7, 11) is 0. The highest BCUT2D eigenvalue weighted by Crippen LogP contribution is 2.41. The molecule has 0 aromatic heterocycles. The van der Waals surface area contributed by atoms with Gasteiger partial charge in [0.25, 0.3) is 5.91 Å². The predicted molar refractivity (Wildman–Crippen MR) is 97.6 cm³/mol. The van der Waals surface area contributed by atoms with Crippen molar-refractivity contribution in [2.45, 2.75) is 31.5 Å². The molecule has 0 bridgehead atoms. The molecule has 27 heavy (non-hydrogen) atoms. The van der Waals surface area contributed by atoms with E-state index in [-0.39, 0.29) is 31.0 Å². The summed E-state index contributed by atoms with van der Waals surface area (Å²) in [5.74, 6) is -0.973. The predicted octanol–water partition coefficient (Wildman–Crippen LogP) is 2.21. The SMILES string of the molecule is O=C(CNC(=O)[C@@H]1c2ccccc2C(=O)N1C1CC1)OCc1ccccc1. The van der Waals surface area contributed by atoms with E-state index in [2.05, 4.69) is 5.32 Å². The van der Waals surface area contributed by atoms with Crippen molar-refractivity contribution < 1.29 is 19.1 Å². The van der Waals surface area contributed by atoms with Crippen LogP contribution in [0.3, 0.4) is 0 Å². The number of carbonyl (C=O) groups is 3. The second kappa shape index (κ2) is 7.23. The lowest BCUT2D eigenvalue weighted by molar-refractivity contribution is -0.145. The summed E-state index contributed by atoms with van der Waals surface area (Å²) in [4.78, 5) is 39.0. The van der Waals surface area contributed by atoms with Crippen LogP contribution in [0.1, 0.15) is 40.4 Å². The number of ether oxygens (including phenoxy) is 1. The van der Waals surface area contributed by atoms with Gasteiger partial charge in [-0.25, -0.2) is 0 Å². The van der Waals surface area contributed by atoms with E-state index in [0.717, 1.165) is 18.4 Å². The summed E-state index contributed by atoms with van der Waals surface area (Å²) in [6, 6.07) is 15.9. The number of carbonyl (C=O) groups excluding carboxylic acids is 3. The molecule has 1 N–H and O–H groups in total. The fourth-order valence-electron chi connectivity index (χ4n) is 3.38. The number of rotatable bonds is 6. The van der Waals surface area contributed by atoms with Gasteiger partial charge in [-0.3, -0.25) is 14.4 Å². The van der Waals surface area contributed by atoms with Crippen molar-refractivity contribution in [3.05, 3.63) is 71.3 Å². The maximum Gasteiger partial charge on any atom is 0.325 e. The molecule has 1 saturated carbocycles. The Kier molecular flexibility index (Phi) is 4.62. The lowest BCUT2D eigenvalue weighted by Gasteiger charge is -2.24. The molecule has 0 unspecified atom stereocenters. The van der Waals surface area contributed by atoms with E-state index < -0.39 is 12.0 Å². The second-order valence-electron chi connectivity index (χ2n) is 6.80. The Hall–Kier alpha value is -3.15. The highest BCUT2D eigenvalue weighted by atomic mass is 16.5. The van der Waals surface area contributed by atoms with Crippen LogP contribution in [-0.4, -0.2) is 35.3 Å². The van der Waals surface area contributed by atoms with Crippen molar-refractivity contribution in [2.24, 2.45) is 0 Å². The fraction of sp³-hybridized carbons (Fsp3) is 0.286. The number of fused-ring (bicyclic) bond motifs is 1. The molecule has 0 spiro atoms. The molecule has 0 radical (unpaired) electrons. The Morgan fingerprint density at radius 1 is 1.04 bits per heavy atom. The average molecular weight is 364 g/mol. The highest BCUT2D eigenvalue weighted by molar-refractivity contribution is 6.05. The Labute approximate surface area is 157 Å². The summed E-state index contributed by atoms with van der Waals surface area (Å²) >= 11 is 0. The third-order valence-electron chi connectivity index (χ3n) is 4.84. The zero-order chi connectivity index (χ0) is 18.8. The Morgan fingerprint density at radius 3 is 2.48 bits per heavy atom. The minimum absolute atomic E-state index is 0.102. The van der Waals surface area contributed by atoms with Crippen molar-refractivity contribution in [1.82, 2.24) is 10.2 Å². The molecule has 2 aromatic carbocycles. The Balaban J connectivity index is 1.38. The first-order valence-electron chi connectivity index (χ1n) is 9.04. The molecule has 138 valence electrons. The summed E-state index contributed by atoms with van der Waals surface area (Å²) in [5.41, 5.74) is 2.15. The maximum atomic E-state index is 12.8. The number of esters is 1.